The molecule has 0 bridgehead atoms. The van der Waals surface area contributed by atoms with E-state index in [1.807, 2.05) is 0 Å². The molecule has 2 aromatic carbocycles. The summed E-state index contributed by atoms with van der Waals surface area (Å²) in [5, 5.41) is 2.98. The van der Waals surface area contributed by atoms with Crippen molar-refractivity contribution in [2.24, 2.45) is 0 Å². The molecule has 150 valence electrons. The molecule has 0 unspecified atom stereocenters. The number of hydrogen-bond donors (Lipinski definition) is 1. The molecule has 1 amide bonds. The SMILES string of the molecule is O=C(/C=C/c1cc(C(F)(F)F)ccc1Cl)Nc1ncc(Cc2ccc(F)cc2)s1. The molecule has 0 aliphatic heterocycles. The third-order valence-electron chi connectivity index (χ3n) is 3.81. The molecule has 0 radical (unpaired) electrons. The van der Waals surface area contributed by atoms with Gasteiger partial charge in [-0.05, 0) is 47.5 Å². The van der Waals surface area contributed by atoms with E-state index in [9.17, 15) is 22.4 Å². The zero-order valence-electron chi connectivity index (χ0n) is 14.6. The fourth-order valence-electron chi connectivity index (χ4n) is 2.41. The second-order valence-corrected chi connectivity index (χ2v) is 7.51. The first-order valence-electron chi connectivity index (χ1n) is 8.25. The maximum absolute atomic E-state index is 12.9. The average molecular weight is 441 g/mol. The minimum Gasteiger partial charge on any atom is -0.298 e. The van der Waals surface area contributed by atoms with Crippen molar-refractivity contribution >= 4 is 40.1 Å². The van der Waals surface area contributed by atoms with Gasteiger partial charge >= 0.3 is 6.18 Å². The summed E-state index contributed by atoms with van der Waals surface area (Å²) < 4.78 is 51.3. The number of alkyl halides is 3. The molecule has 0 atom stereocenters. The van der Waals surface area contributed by atoms with Gasteiger partial charge in [0, 0.05) is 28.6 Å². The van der Waals surface area contributed by atoms with Gasteiger partial charge in [-0.15, -0.1) is 11.3 Å². The topological polar surface area (TPSA) is 42.0 Å². The van der Waals surface area contributed by atoms with Gasteiger partial charge in [0.15, 0.2) is 5.13 Å². The summed E-state index contributed by atoms with van der Waals surface area (Å²) in [6.07, 6.45) is -0.0832. The molecule has 1 heterocycles. The van der Waals surface area contributed by atoms with Crippen LogP contribution in [0.2, 0.25) is 5.02 Å². The highest BCUT2D eigenvalue weighted by Crippen LogP contribution is 2.32. The first-order chi connectivity index (χ1) is 13.7. The molecule has 0 spiro atoms. The second-order valence-electron chi connectivity index (χ2n) is 5.99. The number of amides is 1. The van der Waals surface area contributed by atoms with Gasteiger partial charge in [-0.3, -0.25) is 10.1 Å². The second kappa shape index (κ2) is 8.75. The summed E-state index contributed by atoms with van der Waals surface area (Å²) in [5.41, 5.74) is 0.118. The van der Waals surface area contributed by atoms with E-state index in [1.165, 1.54) is 29.5 Å². The molecule has 9 heteroatoms. The molecule has 0 saturated carbocycles. The molecule has 1 N–H and O–H groups in total. The molecule has 3 nitrogen and oxygen atoms in total. The average Bonchev–Trinajstić information content (AvgIpc) is 3.08. The van der Waals surface area contributed by atoms with Crippen molar-refractivity contribution in [1.29, 1.82) is 0 Å². The van der Waals surface area contributed by atoms with Gasteiger partial charge in [-0.2, -0.15) is 13.2 Å². The Labute approximate surface area is 172 Å². The van der Waals surface area contributed by atoms with Crippen LogP contribution in [0.1, 0.15) is 21.6 Å². The number of benzene rings is 2. The largest absolute Gasteiger partial charge is 0.416 e. The fraction of sp³-hybridized carbons (Fsp3) is 0.100. The van der Waals surface area contributed by atoms with E-state index >= 15 is 0 Å². The van der Waals surface area contributed by atoms with Crippen molar-refractivity contribution in [3.63, 3.8) is 0 Å². The monoisotopic (exact) mass is 440 g/mol. The van der Waals surface area contributed by atoms with E-state index in [0.717, 1.165) is 34.7 Å². The van der Waals surface area contributed by atoms with Crippen molar-refractivity contribution in [3.05, 3.63) is 87.1 Å². The Morgan fingerprint density at radius 3 is 2.59 bits per heavy atom. The van der Waals surface area contributed by atoms with Crippen LogP contribution in [0, 0.1) is 5.82 Å². The van der Waals surface area contributed by atoms with Crippen molar-refractivity contribution in [3.8, 4) is 0 Å². The van der Waals surface area contributed by atoms with Crippen LogP contribution in [0.5, 0.6) is 0 Å². The summed E-state index contributed by atoms with van der Waals surface area (Å²) in [5.74, 6) is -0.875. The predicted octanol–water partition coefficient (Wildman–Crippen LogP) is 6.20. The maximum atomic E-state index is 12.9. The highest BCUT2D eigenvalue weighted by Gasteiger charge is 2.30. The first-order valence-corrected chi connectivity index (χ1v) is 9.45. The number of anilines is 1. The van der Waals surface area contributed by atoms with E-state index in [0.29, 0.717) is 11.6 Å². The van der Waals surface area contributed by atoms with Crippen LogP contribution in [-0.2, 0) is 17.4 Å². The molecule has 0 aliphatic carbocycles. The lowest BCUT2D eigenvalue weighted by Crippen LogP contribution is -2.07. The summed E-state index contributed by atoms with van der Waals surface area (Å²) in [4.78, 5) is 17.0. The van der Waals surface area contributed by atoms with Crippen LogP contribution in [0.4, 0.5) is 22.7 Å². The first kappa shape index (κ1) is 21.0. The number of rotatable bonds is 5. The number of carbonyl (C=O) groups excluding carboxylic acids is 1. The number of carbonyl (C=O) groups is 1. The Kier molecular flexibility index (Phi) is 6.34. The Morgan fingerprint density at radius 1 is 1.17 bits per heavy atom. The molecular formula is C20H13ClF4N2OS. The quantitative estimate of drug-likeness (QED) is 0.379. The Bertz CT molecular complexity index is 1050. The highest BCUT2D eigenvalue weighted by molar-refractivity contribution is 7.15. The third-order valence-corrected chi connectivity index (χ3v) is 5.07. The lowest BCUT2D eigenvalue weighted by molar-refractivity contribution is -0.137. The molecule has 0 aliphatic rings. The lowest BCUT2D eigenvalue weighted by Gasteiger charge is -2.08. The Balaban J connectivity index is 1.64. The van der Waals surface area contributed by atoms with Crippen LogP contribution in [0.15, 0.2) is 54.7 Å². The summed E-state index contributed by atoms with van der Waals surface area (Å²) in [7, 11) is 0. The van der Waals surface area contributed by atoms with Gasteiger partial charge in [0.1, 0.15) is 5.82 Å². The standard InChI is InChI=1S/C20H13ClF4N2OS/c21-17-7-4-14(20(23,24)25)10-13(17)3-8-18(28)27-19-26-11-16(29-19)9-12-1-5-15(22)6-2-12/h1-8,10-11H,9H2,(H,26,27,28)/b8-3+. The van der Waals surface area contributed by atoms with Crippen molar-refractivity contribution in [1.82, 2.24) is 4.98 Å². The molecular weight excluding hydrogens is 428 g/mol. The van der Waals surface area contributed by atoms with E-state index in [2.05, 4.69) is 10.3 Å². The molecule has 0 fully saturated rings. The zero-order valence-corrected chi connectivity index (χ0v) is 16.2. The maximum Gasteiger partial charge on any atom is 0.416 e. The van der Waals surface area contributed by atoms with E-state index < -0.39 is 17.6 Å². The van der Waals surface area contributed by atoms with Crippen molar-refractivity contribution in [2.75, 3.05) is 5.32 Å². The van der Waals surface area contributed by atoms with Crippen molar-refractivity contribution in [2.45, 2.75) is 12.6 Å². The molecule has 0 saturated heterocycles. The van der Waals surface area contributed by atoms with E-state index in [4.69, 9.17) is 11.6 Å². The van der Waals surface area contributed by atoms with Gasteiger partial charge in [0.05, 0.1) is 5.56 Å². The predicted molar refractivity (Wildman–Crippen MR) is 105 cm³/mol. The molecule has 29 heavy (non-hydrogen) atoms. The highest BCUT2D eigenvalue weighted by atomic mass is 35.5. The van der Waals surface area contributed by atoms with Gasteiger partial charge in [0.2, 0.25) is 5.91 Å². The zero-order chi connectivity index (χ0) is 21.0. The number of nitrogens with one attached hydrogen (secondary N) is 1. The molecule has 1 aromatic heterocycles. The smallest absolute Gasteiger partial charge is 0.298 e. The molecule has 3 aromatic rings. The number of thiazole rings is 1. The minimum absolute atomic E-state index is 0.0766. The lowest BCUT2D eigenvalue weighted by atomic mass is 10.1. The van der Waals surface area contributed by atoms with Crippen LogP contribution in [0.3, 0.4) is 0 Å². The van der Waals surface area contributed by atoms with Gasteiger partial charge in [-0.25, -0.2) is 9.37 Å². The van der Waals surface area contributed by atoms with Crippen LogP contribution >= 0.6 is 22.9 Å². The summed E-state index contributed by atoms with van der Waals surface area (Å²) in [6, 6.07) is 8.92. The minimum atomic E-state index is -4.50. The van der Waals surface area contributed by atoms with Gasteiger partial charge < -0.3 is 0 Å². The summed E-state index contributed by atoms with van der Waals surface area (Å²) >= 11 is 7.14. The van der Waals surface area contributed by atoms with Crippen LogP contribution in [-0.4, -0.2) is 10.9 Å². The Morgan fingerprint density at radius 2 is 1.90 bits per heavy atom. The van der Waals surface area contributed by atoms with Crippen molar-refractivity contribution < 1.29 is 22.4 Å². The summed E-state index contributed by atoms with van der Waals surface area (Å²) in [6.45, 7) is 0. The van der Waals surface area contributed by atoms with Crippen LogP contribution in [0.25, 0.3) is 6.08 Å². The van der Waals surface area contributed by atoms with Crippen LogP contribution < -0.4 is 5.32 Å². The molecule has 3 rings (SSSR count). The number of halogens is 5. The fourth-order valence-corrected chi connectivity index (χ4v) is 3.44. The number of nitrogens with zero attached hydrogens (tertiary/aromatic N) is 1. The van der Waals surface area contributed by atoms with E-state index in [-0.39, 0.29) is 16.4 Å². The number of hydrogen-bond acceptors (Lipinski definition) is 3. The normalized spacial score (nSPS) is 11.8. The van der Waals surface area contributed by atoms with E-state index in [1.54, 1.807) is 18.3 Å². The van der Waals surface area contributed by atoms with Gasteiger partial charge in [0.25, 0.3) is 0 Å². The third kappa shape index (κ3) is 5.88. The van der Waals surface area contributed by atoms with Gasteiger partial charge in [-0.1, -0.05) is 23.7 Å². The Hall–Kier alpha value is -2.71. The number of aromatic nitrogens is 1.